The molecule has 2 aromatic rings. The summed E-state index contributed by atoms with van der Waals surface area (Å²) in [6.07, 6.45) is 1.99. The molecule has 0 saturated carbocycles. The van der Waals surface area contributed by atoms with Gasteiger partial charge in [0.15, 0.2) is 5.78 Å². The van der Waals surface area contributed by atoms with Crippen molar-refractivity contribution in [2.45, 2.75) is 31.7 Å². The van der Waals surface area contributed by atoms with Gasteiger partial charge in [-0.05, 0) is 48.7 Å². The van der Waals surface area contributed by atoms with Crippen molar-refractivity contribution in [3.8, 4) is 0 Å². The summed E-state index contributed by atoms with van der Waals surface area (Å²) >= 11 is 0. The molecule has 0 radical (unpaired) electrons. The minimum atomic E-state index is -0.287. The van der Waals surface area contributed by atoms with Crippen molar-refractivity contribution in [1.82, 2.24) is 0 Å². The Hall–Kier alpha value is -3.15. The van der Waals surface area contributed by atoms with Gasteiger partial charge in [-0.1, -0.05) is 18.2 Å². The van der Waals surface area contributed by atoms with Gasteiger partial charge < -0.3 is 4.74 Å². The standard InChI is InChI=1S/C22H22N2O4/c1-28-21(26)12-9-18-14-23(16-5-3-2-4-6-16)22(27)24(18)17-8-10-19-15(13-17)7-11-20(19)25/h2-6,8,10,13,18H,7,9,11-12,14H2,1H3. The number of fused-ring (bicyclic) bond motifs is 1. The number of amides is 2. The summed E-state index contributed by atoms with van der Waals surface area (Å²) in [7, 11) is 1.37. The number of ether oxygens (including phenoxy) is 1. The number of methoxy groups -OCH3 is 1. The van der Waals surface area contributed by atoms with Gasteiger partial charge in [0.05, 0.1) is 13.2 Å². The highest BCUT2D eigenvalue weighted by Crippen LogP contribution is 2.33. The molecule has 1 heterocycles. The lowest BCUT2D eigenvalue weighted by atomic mass is 10.1. The number of carbonyl (C=O) groups is 3. The molecule has 28 heavy (non-hydrogen) atoms. The van der Waals surface area contributed by atoms with Crippen molar-refractivity contribution < 1.29 is 19.1 Å². The summed E-state index contributed by atoms with van der Waals surface area (Å²) < 4.78 is 4.77. The Morgan fingerprint density at radius 1 is 1.07 bits per heavy atom. The fourth-order valence-corrected chi connectivity index (χ4v) is 4.00. The van der Waals surface area contributed by atoms with E-state index in [4.69, 9.17) is 4.74 Å². The van der Waals surface area contributed by atoms with Crippen molar-refractivity contribution in [2.24, 2.45) is 0 Å². The van der Waals surface area contributed by atoms with Crippen LogP contribution in [0.3, 0.4) is 0 Å². The average Bonchev–Trinajstić information content (AvgIpc) is 3.26. The molecule has 1 saturated heterocycles. The predicted octanol–water partition coefficient (Wildman–Crippen LogP) is 3.58. The topological polar surface area (TPSA) is 66.9 Å². The monoisotopic (exact) mass is 378 g/mol. The number of urea groups is 1. The number of hydrogen-bond acceptors (Lipinski definition) is 4. The second kappa shape index (κ2) is 7.46. The minimum absolute atomic E-state index is 0.120. The fourth-order valence-electron chi connectivity index (χ4n) is 4.00. The highest BCUT2D eigenvalue weighted by molar-refractivity contribution is 6.07. The number of ketones is 1. The maximum atomic E-state index is 13.3. The zero-order valence-electron chi connectivity index (χ0n) is 15.8. The Bertz CT molecular complexity index is 925. The van der Waals surface area contributed by atoms with E-state index in [0.29, 0.717) is 25.8 Å². The first-order valence-corrected chi connectivity index (χ1v) is 9.47. The van der Waals surface area contributed by atoms with E-state index >= 15 is 0 Å². The van der Waals surface area contributed by atoms with E-state index in [1.807, 2.05) is 48.5 Å². The molecule has 1 aliphatic carbocycles. The Morgan fingerprint density at radius 2 is 1.86 bits per heavy atom. The van der Waals surface area contributed by atoms with Crippen molar-refractivity contribution in [1.29, 1.82) is 0 Å². The van der Waals surface area contributed by atoms with Crippen LogP contribution < -0.4 is 9.80 Å². The van der Waals surface area contributed by atoms with Gasteiger partial charge in [-0.25, -0.2) is 4.79 Å². The van der Waals surface area contributed by atoms with Crippen LogP contribution in [0.25, 0.3) is 0 Å². The smallest absolute Gasteiger partial charge is 0.329 e. The molecule has 0 bridgehead atoms. The largest absolute Gasteiger partial charge is 0.469 e. The summed E-state index contributed by atoms with van der Waals surface area (Å²) in [4.78, 5) is 40.3. The molecule has 6 heteroatoms. The zero-order chi connectivity index (χ0) is 19.7. The van der Waals surface area contributed by atoms with Gasteiger partial charge in [0, 0.05) is 36.3 Å². The summed E-state index contributed by atoms with van der Waals surface area (Å²) in [5.74, 6) is -0.132. The lowest BCUT2D eigenvalue weighted by Crippen LogP contribution is -2.35. The first-order chi connectivity index (χ1) is 13.6. The minimum Gasteiger partial charge on any atom is -0.469 e. The van der Waals surface area contributed by atoms with Gasteiger partial charge in [0.1, 0.15) is 0 Å². The van der Waals surface area contributed by atoms with Gasteiger partial charge in [-0.15, -0.1) is 0 Å². The lowest BCUT2D eigenvalue weighted by Gasteiger charge is -2.23. The third-order valence-electron chi connectivity index (χ3n) is 5.46. The number of benzene rings is 2. The van der Waals surface area contributed by atoms with E-state index in [1.165, 1.54) is 7.11 Å². The van der Waals surface area contributed by atoms with Crippen LogP contribution in [-0.4, -0.2) is 37.5 Å². The van der Waals surface area contributed by atoms with E-state index in [0.717, 1.165) is 22.5 Å². The number of rotatable bonds is 5. The first-order valence-electron chi connectivity index (χ1n) is 9.47. The third kappa shape index (κ3) is 3.26. The number of esters is 1. The van der Waals surface area contributed by atoms with Crippen LogP contribution in [0, 0.1) is 0 Å². The number of para-hydroxylation sites is 1. The second-order valence-electron chi connectivity index (χ2n) is 7.13. The molecule has 2 aliphatic rings. The van der Waals surface area contributed by atoms with Gasteiger partial charge in [-0.3, -0.25) is 19.4 Å². The van der Waals surface area contributed by atoms with Crippen molar-refractivity contribution in [3.05, 3.63) is 59.7 Å². The number of nitrogens with zero attached hydrogens (tertiary/aromatic N) is 2. The molecule has 0 spiro atoms. The highest BCUT2D eigenvalue weighted by Gasteiger charge is 2.39. The van der Waals surface area contributed by atoms with Crippen molar-refractivity contribution >= 4 is 29.2 Å². The molecule has 1 fully saturated rings. The van der Waals surface area contributed by atoms with Crippen LogP contribution in [0.5, 0.6) is 0 Å². The molecule has 0 N–H and O–H groups in total. The van der Waals surface area contributed by atoms with Crippen LogP contribution in [0.4, 0.5) is 16.2 Å². The maximum Gasteiger partial charge on any atom is 0.329 e. The second-order valence-corrected chi connectivity index (χ2v) is 7.13. The van der Waals surface area contributed by atoms with E-state index in [1.54, 1.807) is 9.80 Å². The molecular formula is C22H22N2O4. The summed E-state index contributed by atoms with van der Waals surface area (Å²) in [6, 6.07) is 14.8. The van der Waals surface area contributed by atoms with Gasteiger partial charge in [0.25, 0.3) is 0 Å². The molecule has 2 aromatic carbocycles. The van der Waals surface area contributed by atoms with Crippen LogP contribution in [0.15, 0.2) is 48.5 Å². The number of aryl methyl sites for hydroxylation is 1. The number of anilines is 2. The zero-order valence-corrected chi connectivity index (χ0v) is 15.8. The van der Waals surface area contributed by atoms with E-state index in [2.05, 4.69) is 0 Å². The Labute approximate surface area is 163 Å². The van der Waals surface area contributed by atoms with Crippen LogP contribution in [0.1, 0.15) is 35.2 Å². The van der Waals surface area contributed by atoms with Gasteiger partial charge in [0.2, 0.25) is 0 Å². The molecule has 1 unspecified atom stereocenters. The SMILES string of the molecule is COC(=O)CCC1CN(c2ccccc2)C(=O)N1c1ccc2c(c1)CCC2=O. The van der Waals surface area contributed by atoms with Crippen LogP contribution >= 0.6 is 0 Å². The van der Waals surface area contributed by atoms with Gasteiger partial charge in [-0.2, -0.15) is 0 Å². The predicted molar refractivity (Wildman–Crippen MR) is 106 cm³/mol. The normalized spacial score (nSPS) is 18.5. The fraction of sp³-hybridized carbons (Fsp3) is 0.318. The summed E-state index contributed by atoms with van der Waals surface area (Å²) in [5.41, 5.74) is 3.34. The Kier molecular flexibility index (Phi) is 4.86. The molecule has 144 valence electrons. The average molecular weight is 378 g/mol. The third-order valence-corrected chi connectivity index (χ3v) is 5.46. The maximum absolute atomic E-state index is 13.3. The van der Waals surface area contributed by atoms with Crippen LogP contribution in [-0.2, 0) is 16.0 Å². The van der Waals surface area contributed by atoms with E-state index in [9.17, 15) is 14.4 Å². The quantitative estimate of drug-likeness (QED) is 0.746. The molecule has 6 nitrogen and oxygen atoms in total. The molecule has 0 aromatic heterocycles. The van der Waals surface area contributed by atoms with Crippen molar-refractivity contribution in [3.63, 3.8) is 0 Å². The first kappa shape index (κ1) is 18.2. The lowest BCUT2D eigenvalue weighted by molar-refractivity contribution is -0.140. The number of hydrogen-bond donors (Lipinski definition) is 0. The highest BCUT2D eigenvalue weighted by atomic mass is 16.5. The van der Waals surface area contributed by atoms with Crippen molar-refractivity contribution in [2.75, 3.05) is 23.5 Å². The number of carbonyl (C=O) groups excluding carboxylic acids is 3. The molecular weight excluding hydrogens is 356 g/mol. The number of Topliss-reactive ketones (excluding diaryl/α,β-unsaturated/α-hetero) is 1. The molecule has 1 aliphatic heterocycles. The van der Waals surface area contributed by atoms with Crippen LogP contribution in [0.2, 0.25) is 0 Å². The summed E-state index contributed by atoms with van der Waals surface area (Å²) in [6.45, 7) is 0.496. The summed E-state index contributed by atoms with van der Waals surface area (Å²) in [5, 5.41) is 0. The molecule has 2 amide bonds. The van der Waals surface area contributed by atoms with Gasteiger partial charge >= 0.3 is 12.0 Å². The Balaban J connectivity index is 1.66. The molecule has 1 atom stereocenters. The van der Waals surface area contributed by atoms with E-state index in [-0.39, 0.29) is 30.2 Å². The molecule has 4 rings (SSSR count). The van der Waals surface area contributed by atoms with E-state index < -0.39 is 0 Å². The Morgan fingerprint density at radius 3 is 2.61 bits per heavy atom.